The summed E-state index contributed by atoms with van der Waals surface area (Å²) in [6.07, 6.45) is 0.967. The van der Waals surface area contributed by atoms with E-state index in [0.29, 0.717) is 0 Å². The van der Waals surface area contributed by atoms with Crippen molar-refractivity contribution < 1.29 is 4.79 Å². The molecule has 1 aliphatic rings. The third-order valence-corrected chi connectivity index (χ3v) is 3.57. The lowest BCUT2D eigenvalue weighted by Crippen LogP contribution is -2.24. The number of imidazole rings is 1. The van der Waals surface area contributed by atoms with Crippen molar-refractivity contribution in [3.8, 4) is 11.4 Å². The van der Waals surface area contributed by atoms with Gasteiger partial charge in [-0.3, -0.25) is 4.79 Å². The molecule has 0 spiro atoms. The van der Waals surface area contributed by atoms with Gasteiger partial charge in [0.05, 0.1) is 11.4 Å². The van der Waals surface area contributed by atoms with Crippen molar-refractivity contribution in [1.82, 2.24) is 14.9 Å². The summed E-state index contributed by atoms with van der Waals surface area (Å²) in [6, 6.07) is 7.80. The highest BCUT2D eigenvalue weighted by Crippen LogP contribution is 2.25. The van der Waals surface area contributed by atoms with Crippen LogP contribution in [0.4, 0.5) is 5.69 Å². The van der Waals surface area contributed by atoms with Crippen molar-refractivity contribution in [3.63, 3.8) is 0 Å². The molecule has 1 amide bonds. The first-order chi connectivity index (χ1) is 9.65. The molecule has 2 N–H and O–H groups in total. The van der Waals surface area contributed by atoms with Crippen LogP contribution in [-0.2, 0) is 24.8 Å². The summed E-state index contributed by atoms with van der Waals surface area (Å²) in [5.41, 5.74) is 4.24. The lowest BCUT2D eigenvalue weighted by molar-refractivity contribution is -0.114. The highest BCUT2D eigenvalue weighted by molar-refractivity contribution is 5.89. The zero-order valence-electron chi connectivity index (χ0n) is 11.7. The summed E-state index contributed by atoms with van der Waals surface area (Å²) >= 11 is 0. The summed E-state index contributed by atoms with van der Waals surface area (Å²) in [4.78, 5) is 15.9. The Hall–Kier alpha value is -2.14. The second kappa shape index (κ2) is 5.09. The highest BCUT2D eigenvalue weighted by atomic mass is 16.1. The van der Waals surface area contributed by atoms with Crippen LogP contribution in [0.1, 0.15) is 18.3 Å². The third-order valence-electron chi connectivity index (χ3n) is 3.57. The van der Waals surface area contributed by atoms with Crippen LogP contribution in [0.5, 0.6) is 0 Å². The molecule has 1 aromatic heterocycles. The summed E-state index contributed by atoms with van der Waals surface area (Å²) in [7, 11) is 2.04. The summed E-state index contributed by atoms with van der Waals surface area (Å²) in [6.45, 7) is 3.36. The Morgan fingerprint density at radius 3 is 3.05 bits per heavy atom. The fourth-order valence-corrected chi connectivity index (χ4v) is 2.62. The number of amides is 1. The van der Waals surface area contributed by atoms with Crippen molar-refractivity contribution in [2.24, 2.45) is 7.05 Å². The molecule has 0 saturated carbocycles. The summed E-state index contributed by atoms with van der Waals surface area (Å²) in [5, 5.41) is 6.17. The number of hydrogen-bond donors (Lipinski definition) is 2. The number of nitrogens with one attached hydrogen (secondary N) is 2. The quantitative estimate of drug-likeness (QED) is 0.873. The molecule has 0 saturated heterocycles. The number of anilines is 1. The minimum absolute atomic E-state index is 0.0644. The van der Waals surface area contributed by atoms with E-state index in [0.717, 1.165) is 36.6 Å². The number of hydrogen-bond acceptors (Lipinski definition) is 3. The number of rotatable bonds is 2. The molecule has 104 valence electrons. The Kier molecular flexibility index (Phi) is 3.28. The van der Waals surface area contributed by atoms with Gasteiger partial charge in [0.15, 0.2) is 0 Å². The van der Waals surface area contributed by atoms with Gasteiger partial charge in [-0.2, -0.15) is 0 Å². The van der Waals surface area contributed by atoms with E-state index in [1.165, 1.54) is 18.3 Å². The number of fused-ring (bicyclic) bond motifs is 1. The molecule has 5 heteroatoms. The SMILES string of the molecule is CC(=O)Nc1cccc(-c2nc3c(n2C)CNCC3)c1. The van der Waals surface area contributed by atoms with E-state index >= 15 is 0 Å². The largest absolute Gasteiger partial charge is 0.330 e. The van der Waals surface area contributed by atoms with Gasteiger partial charge in [-0.15, -0.1) is 0 Å². The maximum atomic E-state index is 11.1. The molecular formula is C15H18N4O. The molecule has 0 aliphatic carbocycles. The normalized spacial score (nSPS) is 13.9. The van der Waals surface area contributed by atoms with Gasteiger partial charge in [0.25, 0.3) is 0 Å². The van der Waals surface area contributed by atoms with Crippen LogP contribution in [0.3, 0.4) is 0 Å². The number of carbonyl (C=O) groups excluding carboxylic acids is 1. The van der Waals surface area contributed by atoms with Crippen molar-refractivity contribution in [3.05, 3.63) is 35.7 Å². The lowest BCUT2D eigenvalue weighted by Gasteiger charge is -2.13. The van der Waals surface area contributed by atoms with Crippen LogP contribution in [0.15, 0.2) is 24.3 Å². The zero-order chi connectivity index (χ0) is 14.1. The Morgan fingerprint density at radius 2 is 2.30 bits per heavy atom. The Labute approximate surface area is 118 Å². The van der Waals surface area contributed by atoms with Crippen molar-refractivity contribution in [2.75, 3.05) is 11.9 Å². The topological polar surface area (TPSA) is 59.0 Å². The van der Waals surface area contributed by atoms with Crippen molar-refractivity contribution in [1.29, 1.82) is 0 Å². The second-order valence-electron chi connectivity index (χ2n) is 5.08. The average Bonchev–Trinajstić information content (AvgIpc) is 2.76. The number of benzene rings is 1. The monoisotopic (exact) mass is 270 g/mol. The van der Waals surface area contributed by atoms with E-state index in [2.05, 4.69) is 15.2 Å². The molecule has 3 rings (SSSR count). The van der Waals surface area contributed by atoms with E-state index in [1.807, 2.05) is 31.3 Å². The van der Waals surface area contributed by atoms with E-state index in [-0.39, 0.29) is 5.91 Å². The molecule has 20 heavy (non-hydrogen) atoms. The minimum atomic E-state index is -0.0644. The fraction of sp³-hybridized carbons (Fsp3) is 0.333. The third kappa shape index (κ3) is 2.32. The van der Waals surface area contributed by atoms with Crippen LogP contribution >= 0.6 is 0 Å². The van der Waals surface area contributed by atoms with Gasteiger partial charge in [0.2, 0.25) is 5.91 Å². The number of carbonyl (C=O) groups is 1. The smallest absolute Gasteiger partial charge is 0.221 e. The van der Waals surface area contributed by atoms with Gasteiger partial charge in [-0.05, 0) is 12.1 Å². The highest BCUT2D eigenvalue weighted by Gasteiger charge is 2.18. The van der Waals surface area contributed by atoms with E-state index < -0.39 is 0 Å². The summed E-state index contributed by atoms with van der Waals surface area (Å²) in [5.74, 6) is 0.886. The predicted molar refractivity (Wildman–Crippen MR) is 78.4 cm³/mol. The second-order valence-corrected chi connectivity index (χ2v) is 5.08. The Morgan fingerprint density at radius 1 is 1.45 bits per heavy atom. The first-order valence-electron chi connectivity index (χ1n) is 6.78. The molecular weight excluding hydrogens is 252 g/mol. The lowest BCUT2D eigenvalue weighted by atomic mass is 10.2. The van der Waals surface area contributed by atoms with Crippen molar-refractivity contribution in [2.45, 2.75) is 19.9 Å². The molecule has 0 unspecified atom stereocenters. The van der Waals surface area contributed by atoms with Gasteiger partial charge >= 0.3 is 0 Å². The Bertz CT molecular complexity index is 660. The maximum absolute atomic E-state index is 11.1. The molecule has 0 atom stereocenters. The maximum Gasteiger partial charge on any atom is 0.221 e. The number of nitrogens with zero attached hydrogens (tertiary/aromatic N) is 2. The van der Waals surface area contributed by atoms with Gasteiger partial charge in [0.1, 0.15) is 5.82 Å². The Balaban J connectivity index is 2.00. The van der Waals surface area contributed by atoms with Gasteiger partial charge in [-0.1, -0.05) is 12.1 Å². The van der Waals surface area contributed by atoms with Crippen molar-refractivity contribution >= 4 is 11.6 Å². The van der Waals surface area contributed by atoms with Gasteiger partial charge in [0, 0.05) is 44.7 Å². The molecule has 2 aromatic rings. The average molecular weight is 270 g/mol. The van der Waals surface area contributed by atoms with Gasteiger partial charge in [-0.25, -0.2) is 4.98 Å². The standard InChI is InChI=1S/C15H18N4O/c1-10(20)17-12-5-3-4-11(8-12)15-18-13-6-7-16-9-14(13)19(15)2/h3-5,8,16H,6-7,9H2,1-2H3,(H,17,20). The molecule has 0 fully saturated rings. The zero-order valence-corrected chi connectivity index (χ0v) is 11.7. The van der Waals surface area contributed by atoms with Crippen LogP contribution in [-0.4, -0.2) is 22.0 Å². The molecule has 5 nitrogen and oxygen atoms in total. The van der Waals surface area contributed by atoms with E-state index in [9.17, 15) is 4.79 Å². The van der Waals surface area contributed by atoms with Crippen LogP contribution in [0, 0.1) is 0 Å². The molecule has 0 radical (unpaired) electrons. The number of aromatic nitrogens is 2. The summed E-state index contributed by atoms with van der Waals surface area (Å²) < 4.78 is 2.13. The van der Waals surface area contributed by atoms with Crippen LogP contribution < -0.4 is 10.6 Å². The predicted octanol–water partition coefficient (Wildman–Crippen LogP) is 1.69. The minimum Gasteiger partial charge on any atom is -0.330 e. The fourth-order valence-electron chi connectivity index (χ4n) is 2.62. The first kappa shape index (κ1) is 12.9. The molecule has 0 bridgehead atoms. The molecule has 1 aromatic carbocycles. The van der Waals surface area contributed by atoms with E-state index in [1.54, 1.807) is 0 Å². The molecule has 2 heterocycles. The van der Waals surface area contributed by atoms with Crippen LogP contribution in [0.2, 0.25) is 0 Å². The van der Waals surface area contributed by atoms with Crippen LogP contribution in [0.25, 0.3) is 11.4 Å². The van der Waals surface area contributed by atoms with Gasteiger partial charge < -0.3 is 15.2 Å². The molecule has 1 aliphatic heterocycles. The van der Waals surface area contributed by atoms with E-state index in [4.69, 9.17) is 4.98 Å². The first-order valence-corrected chi connectivity index (χ1v) is 6.78.